The summed E-state index contributed by atoms with van der Waals surface area (Å²) in [4.78, 5) is 23.1. The van der Waals surface area contributed by atoms with Crippen molar-refractivity contribution in [3.63, 3.8) is 0 Å². The van der Waals surface area contributed by atoms with Gasteiger partial charge in [0, 0.05) is 10.7 Å². The Balaban J connectivity index is 2.29. The van der Waals surface area contributed by atoms with Crippen LogP contribution in [0.5, 0.6) is 0 Å². The van der Waals surface area contributed by atoms with Gasteiger partial charge in [0.05, 0.1) is 11.0 Å². The molecule has 3 N–H and O–H groups in total. The molecule has 0 aromatic carbocycles. The molecule has 1 amide bonds. The van der Waals surface area contributed by atoms with Crippen LogP contribution in [0.2, 0.25) is 0 Å². The number of nitrogens with zero attached hydrogens (tertiary/aromatic N) is 1. The molecule has 0 aliphatic rings. The maximum absolute atomic E-state index is 11.9. The first-order chi connectivity index (χ1) is 9.01. The molecule has 100 valence electrons. The lowest BCUT2D eigenvalue weighted by Crippen LogP contribution is -2.29. The summed E-state index contributed by atoms with van der Waals surface area (Å²) in [7, 11) is 0. The summed E-state index contributed by atoms with van der Waals surface area (Å²) < 4.78 is 7.94. The van der Waals surface area contributed by atoms with E-state index in [1.165, 1.54) is 10.6 Å². The van der Waals surface area contributed by atoms with E-state index in [9.17, 15) is 9.59 Å². The van der Waals surface area contributed by atoms with E-state index >= 15 is 0 Å². The second-order valence-corrected chi connectivity index (χ2v) is 5.45. The van der Waals surface area contributed by atoms with Gasteiger partial charge in [0.1, 0.15) is 5.76 Å². The van der Waals surface area contributed by atoms with Gasteiger partial charge in [0.25, 0.3) is 5.56 Å². The number of rotatable bonds is 3. The van der Waals surface area contributed by atoms with Crippen LogP contribution in [0.15, 0.2) is 42.6 Å². The molecule has 0 atom stereocenters. The van der Waals surface area contributed by atoms with Crippen LogP contribution >= 0.6 is 31.9 Å². The number of nitrogens with two attached hydrogens (primary N) is 1. The molecule has 0 unspecified atom stereocenters. The zero-order valence-corrected chi connectivity index (χ0v) is 12.7. The van der Waals surface area contributed by atoms with Crippen molar-refractivity contribution in [2.45, 2.75) is 6.54 Å². The standard InChI is InChI=1S/C11H9Br2N3O3/c12-6-3-8(13)11(18)16(4-6)5-7-1-2-9(19-7)10(17)15-14/h1-4H,5,14H2,(H,15,17). The van der Waals surface area contributed by atoms with Crippen LogP contribution in [0.1, 0.15) is 16.3 Å². The Kier molecular flexibility index (Phi) is 4.23. The predicted octanol–water partition coefficient (Wildman–Crippen LogP) is 1.62. The fourth-order valence-electron chi connectivity index (χ4n) is 1.51. The van der Waals surface area contributed by atoms with Crippen molar-refractivity contribution in [1.29, 1.82) is 0 Å². The lowest BCUT2D eigenvalue weighted by atomic mass is 10.4. The van der Waals surface area contributed by atoms with E-state index in [1.54, 1.807) is 18.3 Å². The average molecular weight is 391 g/mol. The number of carbonyl (C=O) groups excluding carboxylic acids is 1. The summed E-state index contributed by atoms with van der Waals surface area (Å²) in [5.74, 6) is 5.06. The van der Waals surface area contributed by atoms with Gasteiger partial charge in [0.15, 0.2) is 5.76 Å². The highest BCUT2D eigenvalue weighted by Crippen LogP contribution is 2.15. The van der Waals surface area contributed by atoms with Gasteiger partial charge in [-0.3, -0.25) is 15.0 Å². The first-order valence-electron chi connectivity index (χ1n) is 5.16. The van der Waals surface area contributed by atoms with E-state index in [2.05, 4.69) is 31.9 Å². The highest BCUT2D eigenvalue weighted by atomic mass is 79.9. The maximum atomic E-state index is 11.9. The Morgan fingerprint density at radius 1 is 1.42 bits per heavy atom. The van der Waals surface area contributed by atoms with E-state index in [4.69, 9.17) is 10.3 Å². The van der Waals surface area contributed by atoms with Crippen molar-refractivity contribution in [3.05, 3.63) is 55.2 Å². The number of furan rings is 1. The molecule has 0 radical (unpaired) electrons. The summed E-state index contributed by atoms with van der Waals surface area (Å²) in [6.07, 6.45) is 1.64. The highest BCUT2D eigenvalue weighted by Gasteiger charge is 2.11. The van der Waals surface area contributed by atoms with Gasteiger partial charge in [-0.15, -0.1) is 0 Å². The molecule has 8 heteroatoms. The van der Waals surface area contributed by atoms with E-state index < -0.39 is 5.91 Å². The van der Waals surface area contributed by atoms with Gasteiger partial charge in [-0.25, -0.2) is 5.84 Å². The van der Waals surface area contributed by atoms with E-state index in [-0.39, 0.29) is 17.9 Å². The van der Waals surface area contributed by atoms with Crippen LogP contribution in [0, 0.1) is 0 Å². The fraction of sp³-hybridized carbons (Fsp3) is 0.0909. The quantitative estimate of drug-likeness (QED) is 0.473. The lowest BCUT2D eigenvalue weighted by Gasteiger charge is -2.05. The van der Waals surface area contributed by atoms with Gasteiger partial charge in [0.2, 0.25) is 0 Å². The third kappa shape index (κ3) is 3.14. The molecule has 2 aromatic rings. The largest absolute Gasteiger partial charge is 0.454 e. The Hall–Kier alpha value is -1.38. The lowest BCUT2D eigenvalue weighted by molar-refractivity contribution is 0.0924. The second-order valence-electron chi connectivity index (χ2n) is 3.68. The van der Waals surface area contributed by atoms with E-state index in [0.29, 0.717) is 10.2 Å². The third-order valence-corrected chi connectivity index (χ3v) is 3.35. The first kappa shape index (κ1) is 14.0. The number of aromatic nitrogens is 1. The topological polar surface area (TPSA) is 90.3 Å². The van der Waals surface area contributed by atoms with Crippen LogP contribution in [-0.4, -0.2) is 10.5 Å². The zero-order valence-electron chi connectivity index (χ0n) is 9.52. The van der Waals surface area contributed by atoms with Crippen LogP contribution in [0.4, 0.5) is 0 Å². The molecular formula is C11H9Br2N3O3. The molecule has 6 nitrogen and oxygen atoms in total. The van der Waals surface area contributed by atoms with Crippen molar-refractivity contribution in [3.8, 4) is 0 Å². The number of hydrazine groups is 1. The Bertz CT molecular complexity index is 678. The van der Waals surface area contributed by atoms with Gasteiger partial charge in [-0.05, 0) is 50.1 Å². The summed E-state index contributed by atoms with van der Waals surface area (Å²) in [6, 6.07) is 4.77. The summed E-state index contributed by atoms with van der Waals surface area (Å²) in [6.45, 7) is 0.217. The summed E-state index contributed by atoms with van der Waals surface area (Å²) in [5.41, 5.74) is 1.78. The average Bonchev–Trinajstić information content (AvgIpc) is 2.83. The monoisotopic (exact) mass is 389 g/mol. The predicted molar refractivity (Wildman–Crippen MR) is 75.6 cm³/mol. The van der Waals surface area contributed by atoms with Crippen molar-refractivity contribution in [2.24, 2.45) is 5.84 Å². The molecule has 0 bridgehead atoms. The molecule has 0 fully saturated rings. The molecular weight excluding hydrogens is 382 g/mol. The molecule has 0 saturated carbocycles. The second kappa shape index (κ2) is 5.72. The Morgan fingerprint density at radius 3 is 2.84 bits per heavy atom. The molecule has 0 aliphatic heterocycles. The van der Waals surface area contributed by atoms with Crippen molar-refractivity contribution < 1.29 is 9.21 Å². The fourth-order valence-corrected chi connectivity index (χ4v) is 2.76. The van der Waals surface area contributed by atoms with E-state index in [1.807, 2.05) is 5.43 Å². The number of halogens is 2. The minimum absolute atomic E-state index is 0.0969. The highest BCUT2D eigenvalue weighted by molar-refractivity contribution is 9.11. The minimum Gasteiger partial charge on any atom is -0.454 e. The normalized spacial score (nSPS) is 10.5. The SMILES string of the molecule is NNC(=O)c1ccc(Cn2cc(Br)cc(Br)c2=O)o1. The van der Waals surface area contributed by atoms with Crippen LogP contribution in [0.25, 0.3) is 0 Å². The number of nitrogen functional groups attached to an aromatic ring is 1. The summed E-state index contributed by atoms with van der Waals surface area (Å²) in [5, 5.41) is 0. The molecule has 2 rings (SSSR count). The molecule has 0 aliphatic carbocycles. The Labute approximate surface area is 124 Å². The third-order valence-electron chi connectivity index (χ3n) is 2.35. The van der Waals surface area contributed by atoms with Crippen LogP contribution in [0.3, 0.4) is 0 Å². The molecule has 2 heterocycles. The molecule has 0 spiro atoms. The molecule has 19 heavy (non-hydrogen) atoms. The smallest absolute Gasteiger partial charge is 0.300 e. The maximum Gasteiger partial charge on any atom is 0.300 e. The number of hydrogen-bond acceptors (Lipinski definition) is 4. The number of nitrogens with one attached hydrogen (secondary N) is 1. The molecule has 2 aromatic heterocycles. The van der Waals surface area contributed by atoms with Gasteiger partial charge >= 0.3 is 5.91 Å². The summed E-state index contributed by atoms with van der Waals surface area (Å²) >= 11 is 6.47. The Morgan fingerprint density at radius 2 is 2.16 bits per heavy atom. The zero-order chi connectivity index (χ0) is 14.0. The van der Waals surface area contributed by atoms with Gasteiger partial charge in [-0.1, -0.05) is 0 Å². The number of pyridine rings is 1. The molecule has 0 saturated heterocycles. The number of hydrogen-bond donors (Lipinski definition) is 2. The van der Waals surface area contributed by atoms with Crippen LogP contribution in [-0.2, 0) is 6.54 Å². The number of carbonyl (C=O) groups is 1. The van der Waals surface area contributed by atoms with Crippen molar-refractivity contribution >= 4 is 37.8 Å². The van der Waals surface area contributed by atoms with E-state index in [0.717, 1.165) is 4.47 Å². The first-order valence-corrected chi connectivity index (χ1v) is 6.75. The van der Waals surface area contributed by atoms with Gasteiger partial charge < -0.3 is 8.98 Å². The van der Waals surface area contributed by atoms with Gasteiger partial charge in [-0.2, -0.15) is 0 Å². The number of amides is 1. The van der Waals surface area contributed by atoms with Crippen LogP contribution < -0.4 is 16.8 Å². The van der Waals surface area contributed by atoms with Crippen molar-refractivity contribution in [2.75, 3.05) is 0 Å². The minimum atomic E-state index is -0.519. The van der Waals surface area contributed by atoms with Crippen molar-refractivity contribution in [1.82, 2.24) is 9.99 Å².